The van der Waals surface area contributed by atoms with Crippen LogP contribution in [0.4, 0.5) is 4.79 Å². The molecule has 0 unspecified atom stereocenters. The number of carboxylic acids is 1. The smallest absolute Gasteiger partial charge is 0.408 e. The Labute approximate surface area is 160 Å². The normalized spacial score (nSPS) is 12.1. The molecule has 150 valence electrons. The number of hydrogen-bond donors (Lipinski definition) is 3. The Morgan fingerprint density at radius 2 is 1.74 bits per heavy atom. The first-order chi connectivity index (χ1) is 12.7. The summed E-state index contributed by atoms with van der Waals surface area (Å²) in [4.78, 5) is 35.1. The number of hydrogen-bond acceptors (Lipinski definition) is 4. The van der Waals surface area contributed by atoms with Gasteiger partial charge in [-0.15, -0.1) is 0 Å². The largest absolute Gasteiger partial charge is 0.481 e. The molecule has 7 nitrogen and oxygen atoms in total. The Morgan fingerprint density at radius 1 is 1.07 bits per heavy atom. The van der Waals surface area contributed by atoms with Gasteiger partial charge < -0.3 is 20.5 Å². The van der Waals surface area contributed by atoms with Crippen molar-refractivity contribution in [2.45, 2.75) is 64.5 Å². The molecule has 0 heterocycles. The predicted molar refractivity (Wildman–Crippen MR) is 102 cm³/mol. The van der Waals surface area contributed by atoms with E-state index >= 15 is 0 Å². The topological polar surface area (TPSA) is 105 Å². The van der Waals surface area contributed by atoms with E-state index in [-0.39, 0.29) is 12.3 Å². The summed E-state index contributed by atoms with van der Waals surface area (Å²) in [5.74, 6) is -1.11. The summed E-state index contributed by atoms with van der Waals surface area (Å²) in [6, 6.07) is 8.67. The van der Waals surface area contributed by atoms with Crippen molar-refractivity contribution in [3.8, 4) is 0 Å². The van der Waals surface area contributed by atoms with Crippen LogP contribution in [0.5, 0.6) is 0 Å². The molecule has 2 amide bonds. The molecule has 1 atom stereocenters. The summed E-state index contributed by atoms with van der Waals surface area (Å²) >= 11 is 0. The fourth-order valence-corrected chi connectivity index (χ4v) is 2.42. The van der Waals surface area contributed by atoms with Crippen molar-refractivity contribution in [2.24, 2.45) is 0 Å². The number of rotatable bonds is 10. The van der Waals surface area contributed by atoms with Crippen LogP contribution in [0.1, 0.15) is 52.0 Å². The van der Waals surface area contributed by atoms with Crippen molar-refractivity contribution in [1.29, 1.82) is 0 Å². The van der Waals surface area contributed by atoms with Crippen LogP contribution in [0.15, 0.2) is 30.3 Å². The van der Waals surface area contributed by atoms with Crippen molar-refractivity contribution in [3.63, 3.8) is 0 Å². The lowest BCUT2D eigenvalue weighted by molar-refractivity contribution is -0.137. The number of carboxylic acid groups (broad SMARTS) is 1. The predicted octanol–water partition coefficient (Wildman–Crippen LogP) is 2.88. The summed E-state index contributed by atoms with van der Waals surface area (Å²) in [6.07, 6.45) is 1.82. The van der Waals surface area contributed by atoms with Crippen molar-refractivity contribution >= 4 is 18.0 Å². The second kappa shape index (κ2) is 11.2. The molecule has 0 bridgehead atoms. The minimum Gasteiger partial charge on any atom is -0.481 e. The maximum Gasteiger partial charge on any atom is 0.408 e. The number of benzene rings is 1. The molecule has 0 saturated heterocycles. The molecule has 0 fully saturated rings. The van der Waals surface area contributed by atoms with Gasteiger partial charge in [-0.1, -0.05) is 36.8 Å². The highest BCUT2D eigenvalue weighted by Crippen LogP contribution is 2.09. The highest BCUT2D eigenvalue weighted by molar-refractivity contribution is 5.86. The molecule has 3 N–H and O–H groups in total. The maximum absolute atomic E-state index is 12.5. The lowest BCUT2D eigenvalue weighted by Gasteiger charge is -2.23. The quantitative estimate of drug-likeness (QED) is 0.543. The summed E-state index contributed by atoms with van der Waals surface area (Å²) in [5, 5.41) is 14.1. The number of unbranched alkanes of at least 4 members (excludes halogenated alkanes) is 2. The van der Waals surface area contributed by atoms with Crippen LogP contribution in [-0.4, -0.2) is 41.3 Å². The minimum absolute atomic E-state index is 0.130. The fourth-order valence-electron chi connectivity index (χ4n) is 2.42. The lowest BCUT2D eigenvalue weighted by Crippen LogP contribution is -2.49. The highest BCUT2D eigenvalue weighted by Gasteiger charge is 2.24. The van der Waals surface area contributed by atoms with Crippen LogP contribution in [0, 0.1) is 0 Å². The molecule has 7 heteroatoms. The SMILES string of the molecule is CC(C)(C)OC(=O)N[C@@H](Cc1ccccc1)C(=O)NCCCCCC(=O)O. The van der Waals surface area contributed by atoms with E-state index < -0.39 is 23.7 Å². The van der Waals surface area contributed by atoms with Gasteiger partial charge in [0, 0.05) is 19.4 Å². The van der Waals surface area contributed by atoms with Gasteiger partial charge in [0.05, 0.1) is 0 Å². The summed E-state index contributed by atoms with van der Waals surface area (Å²) in [5.41, 5.74) is 0.275. The number of amides is 2. The zero-order valence-electron chi connectivity index (χ0n) is 16.3. The third-order valence-electron chi connectivity index (χ3n) is 3.66. The van der Waals surface area contributed by atoms with Crippen LogP contribution < -0.4 is 10.6 Å². The van der Waals surface area contributed by atoms with E-state index in [0.717, 1.165) is 12.0 Å². The van der Waals surface area contributed by atoms with Crippen LogP contribution in [-0.2, 0) is 20.7 Å². The molecule has 27 heavy (non-hydrogen) atoms. The number of aliphatic carboxylic acids is 1. The van der Waals surface area contributed by atoms with Crippen molar-refractivity contribution < 1.29 is 24.2 Å². The second-order valence-corrected chi connectivity index (χ2v) is 7.38. The van der Waals surface area contributed by atoms with Crippen LogP contribution in [0.3, 0.4) is 0 Å². The number of nitrogens with one attached hydrogen (secondary N) is 2. The standard InChI is InChI=1S/C20H30N2O5/c1-20(2,3)27-19(26)22-16(14-15-10-6-4-7-11-15)18(25)21-13-9-5-8-12-17(23)24/h4,6-7,10-11,16H,5,8-9,12-14H2,1-3H3,(H,21,25)(H,22,26)(H,23,24)/t16-/m0/s1. The number of ether oxygens (including phenoxy) is 1. The third kappa shape index (κ3) is 10.9. The summed E-state index contributed by atoms with van der Waals surface area (Å²) < 4.78 is 5.25. The van der Waals surface area contributed by atoms with Gasteiger partial charge in [-0.3, -0.25) is 9.59 Å². The van der Waals surface area contributed by atoms with Crippen molar-refractivity contribution in [1.82, 2.24) is 10.6 Å². The van der Waals surface area contributed by atoms with Gasteiger partial charge in [-0.25, -0.2) is 4.79 Å². The molecular formula is C20H30N2O5. The van der Waals surface area contributed by atoms with Gasteiger partial charge in [0.15, 0.2) is 0 Å². The average Bonchev–Trinajstić information content (AvgIpc) is 2.56. The van der Waals surface area contributed by atoms with E-state index in [1.807, 2.05) is 30.3 Å². The Kier molecular flexibility index (Phi) is 9.33. The molecule has 1 rings (SSSR count). The van der Waals surface area contributed by atoms with E-state index in [1.165, 1.54) is 0 Å². The fraction of sp³-hybridized carbons (Fsp3) is 0.550. The van der Waals surface area contributed by atoms with E-state index in [9.17, 15) is 14.4 Å². The zero-order chi connectivity index (χ0) is 20.3. The molecule has 0 aliphatic carbocycles. The first kappa shape index (κ1) is 22.5. The molecule has 0 radical (unpaired) electrons. The molecule has 1 aromatic carbocycles. The van der Waals surface area contributed by atoms with Gasteiger partial charge >= 0.3 is 12.1 Å². The Bertz CT molecular complexity index is 611. The van der Waals surface area contributed by atoms with Crippen LogP contribution in [0.2, 0.25) is 0 Å². The van der Waals surface area contributed by atoms with Crippen LogP contribution >= 0.6 is 0 Å². The highest BCUT2D eigenvalue weighted by atomic mass is 16.6. The third-order valence-corrected chi connectivity index (χ3v) is 3.66. The molecule has 1 aromatic rings. The van der Waals surface area contributed by atoms with Gasteiger partial charge in [0.25, 0.3) is 0 Å². The minimum atomic E-state index is -0.816. The number of alkyl carbamates (subject to hydrolysis) is 1. The molecule has 0 aliphatic heterocycles. The Balaban J connectivity index is 2.57. The first-order valence-corrected chi connectivity index (χ1v) is 9.20. The molecule has 0 aliphatic rings. The average molecular weight is 378 g/mol. The maximum atomic E-state index is 12.5. The number of carbonyl (C=O) groups excluding carboxylic acids is 2. The van der Waals surface area contributed by atoms with Crippen molar-refractivity contribution in [3.05, 3.63) is 35.9 Å². The second-order valence-electron chi connectivity index (χ2n) is 7.38. The Hall–Kier alpha value is -2.57. The lowest BCUT2D eigenvalue weighted by atomic mass is 10.1. The van der Waals surface area contributed by atoms with Gasteiger partial charge in [0.2, 0.25) is 5.91 Å². The first-order valence-electron chi connectivity index (χ1n) is 9.20. The van der Waals surface area contributed by atoms with Gasteiger partial charge in [0.1, 0.15) is 11.6 Å². The van der Waals surface area contributed by atoms with Crippen LogP contribution in [0.25, 0.3) is 0 Å². The van der Waals surface area contributed by atoms with E-state index in [2.05, 4.69) is 10.6 Å². The molecule has 0 spiro atoms. The number of carbonyl (C=O) groups is 3. The molecule has 0 saturated carbocycles. The van der Waals surface area contributed by atoms with E-state index in [1.54, 1.807) is 20.8 Å². The van der Waals surface area contributed by atoms with E-state index in [0.29, 0.717) is 25.8 Å². The van der Waals surface area contributed by atoms with E-state index in [4.69, 9.17) is 9.84 Å². The zero-order valence-corrected chi connectivity index (χ0v) is 16.3. The van der Waals surface area contributed by atoms with Crippen molar-refractivity contribution in [2.75, 3.05) is 6.54 Å². The molecular weight excluding hydrogens is 348 g/mol. The van der Waals surface area contributed by atoms with Gasteiger partial charge in [-0.05, 0) is 39.2 Å². The monoisotopic (exact) mass is 378 g/mol. The Morgan fingerprint density at radius 3 is 2.33 bits per heavy atom. The van der Waals surface area contributed by atoms with Gasteiger partial charge in [-0.2, -0.15) is 0 Å². The summed E-state index contributed by atoms with van der Waals surface area (Å²) in [6.45, 7) is 5.71. The summed E-state index contributed by atoms with van der Waals surface area (Å²) in [7, 11) is 0. The molecule has 0 aromatic heterocycles.